The third kappa shape index (κ3) is 2.22. The van der Waals surface area contributed by atoms with Crippen LogP contribution in [0.15, 0.2) is 55.1 Å². The third-order valence-corrected chi connectivity index (χ3v) is 3.44. The smallest absolute Gasteiger partial charge is 0.128 e. The predicted molar refractivity (Wildman–Crippen MR) is 76.5 cm³/mol. The van der Waals surface area contributed by atoms with Crippen molar-refractivity contribution in [2.75, 3.05) is 7.11 Å². The number of methoxy groups -OCH3 is 1. The highest BCUT2D eigenvalue weighted by atomic mass is 16.5. The van der Waals surface area contributed by atoms with Crippen molar-refractivity contribution in [2.45, 2.75) is 12.5 Å². The Balaban J connectivity index is 1.95. The minimum atomic E-state index is 0.0506. The lowest BCUT2D eigenvalue weighted by atomic mass is 9.93. The Bertz CT molecular complexity index is 602. The maximum Gasteiger partial charge on any atom is 0.128 e. The Morgan fingerprint density at radius 3 is 2.68 bits per heavy atom. The predicted octanol–water partition coefficient (Wildman–Crippen LogP) is 4.23. The maximum absolute atomic E-state index is 6.07. The number of benzene rings is 2. The summed E-state index contributed by atoms with van der Waals surface area (Å²) < 4.78 is 11.3. The molecule has 1 heterocycles. The molecule has 0 bridgehead atoms. The molecule has 1 aliphatic heterocycles. The van der Waals surface area contributed by atoms with Gasteiger partial charge in [0.25, 0.3) is 0 Å². The molecule has 0 aliphatic carbocycles. The number of rotatable bonds is 2. The first kappa shape index (κ1) is 11.8. The molecule has 1 unspecified atom stereocenters. The van der Waals surface area contributed by atoms with Gasteiger partial charge in [-0.15, -0.1) is 0 Å². The van der Waals surface area contributed by atoms with Gasteiger partial charge in [0.05, 0.1) is 7.11 Å². The van der Waals surface area contributed by atoms with Crippen LogP contribution in [0, 0.1) is 0 Å². The highest BCUT2D eigenvalue weighted by Gasteiger charge is 2.24. The van der Waals surface area contributed by atoms with E-state index < -0.39 is 0 Å². The van der Waals surface area contributed by atoms with E-state index in [1.165, 1.54) is 5.56 Å². The van der Waals surface area contributed by atoms with Crippen LogP contribution in [-0.2, 0) is 0 Å². The van der Waals surface area contributed by atoms with Crippen LogP contribution in [0.3, 0.4) is 0 Å². The number of fused-ring (bicyclic) bond motifs is 1. The molecular formula is C17H16O2. The van der Waals surface area contributed by atoms with Crippen molar-refractivity contribution in [3.05, 3.63) is 66.2 Å². The van der Waals surface area contributed by atoms with Crippen molar-refractivity contribution in [3.8, 4) is 11.5 Å². The van der Waals surface area contributed by atoms with Crippen molar-refractivity contribution < 1.29 is 9.47 Å². The van der Waals surface area contributed by atoms with Crippen molar-refractivity contribution in [3.63, 3.8) is 0 Å². The standard InChI is InChI=1S/C17H16O2/c1-12-10-17(13-6-4-3-5-7-13)19-16-9-8-14(18-2)11-15(12)16/h3-9,11,17H,1,10H2,2H3. The minimum absolute atomic E-state index is 0.0506. The molecule has 2 aromatic carbocycles. The zero-order chi connectivity index (χ0) is 13.2. The van der Waals surface area contributed by atoms with Crippen LogP contribution < -0.4 is 9.47 Å². The molecule has 96 valence electrons. The van der Waals surface area contributed by atoms with Gasteiger partial charge in [-0.2, -0.15) is 0 Å². The van der Waals surface area contributed by atoms with Crippen LogP contribution in [0.25, 0.3) is 5.57 Å². The van der Waals surface area contributed by atoms with E-state index in [0.29, 0.717) is 0 Å². The highest BCUT2D eigenvalue weighted by Crippen LogP contribution is 2.41. The summed E-state index contributed by atoms with van der Waals surface area (Å²) in [5.41, 5.74) is 3.32. The van der Waals surface area contributed by atoms with E-state index in [0.717, 1.165) is 29.1 Å². The van der Waals surface area contributed by atoms with Gasteiger partial charge >= 0.3 is 0 Å². The second kappa shape index (κ2) is 4.81. The molecule has 1 aliphatic rings. The lowest BCUT2D eigenvalue weighted by Crippen LogP contribution is -2.14. The van der Waals surface area contributed by atoms with Crippen LogP contribution in [0.5, 0.6) is 11.5 Å². The van der Waals surface area contributed by atoms with Gasteiger partial charge in [-0.3, -0.25) is 0 Å². The van der Waals surface area contributed by atoms with E-state index >= 15 is 0 Å². The highest BCUT2D eigenvalue weighted by molar-refractivity contribution is 5.72. The second-order valence-electron chi connectivity index (χ2n) is 4.69. The van der Waals surface area contributed by atoms with Crippen LogP contribution in [-0.4, -0.2) is 7.11 Å². The molecule has 1 atom stereocenters. The summed E-state index contributed by atoms with van der Waals surface area (Å²) in [6.45, 7) is 4.17. The molecule has 0 saturated heterocycles. The molecule has 0 aromatic heterocycles. The lowest BCUT2D eigenvalue weighted by molar-refractivity contribution is 0.202. The van der Waals surface area contributed by atoms with Crippen molar-refractivity contribution >= 4 is 5.57 Å². The average Bonchev–Trinajstić information content (AvgIpc) is 2.48. The molecule has 0 saturated carbocycles. The summed E-state index contributed by atoms with van der Waals surface area (Å²) in [4.78, 5) is 0. The fourth-order valence-electron chi connectivity index (χ4n) is 2.40. The van der Waals surface area contributed by atoms with Crippen LogP contribution in [0.4, 0.5) is 0 Å². The van der Waals surface area contributed by atoms with Crippen molar-refractivity contribution in [2.24, 2.45) is 0 Å². The van der Waals surface area contributed by atoms with Gasteiger partial charge in [0.2, 0.25) is 0 Å². The molecule has 2 aromatic rings. The number of hydrogen-bond donors (Lipinski definition) is 0. The average molecular weight is 252 g/mol. The normalized spacial score (nSPS) is 17.5. The summed E-state index contributed by atoms with van der Waals surface area (Å²) in [7, 11) is 1.67. The van der Waals surface area contributed by atoms with E-state index in [4.69, 9.17) is 9.47 Å². The molecule has 0 amide bonds. The van der Waals surface area contributed by atoms with Gasteiger partial charge in [0, 0.05) is 12.0 Å². The SMILES string of the molecule is C=C1CC(c2ccccc2)Oc2ccc(OC)cc21. The molecule has 3 rings (SSSR count). The summed E-state index contributed by atoms with van der Waals surface area (Å²) in [6, 6.07) is 16.1. The Kier molecular flexibility index (Phi) is 3.00. The zero-order valence-corrected chi connectivity index (χ0v) is 10.9. The van der Waals surface area contributed by atoms with Gasteiger partial charge in [-0.05, 0) is 29.3 Å². The fourth-order valence-corrected chi connectivity index (χ4v) is 2.40. The summed E-state index contributed by atoms with van der Waals surface area (Å²) in [5.74, 6) is 1.72. The van der Waals surface area contributed by atoms with E-state index in [1.54, 1.807) is 7.11 Å². The first-order chi connectivity index (χ1) is 9.28. The Hall–Kier alpha value is -2.22. The first-order valence-electron chi connectivity index (χ1n) is 6.35. The minimum Gasteiger partial charge on any atom is -0.497 e. The topological polar surface area (TPSA) is 18.5 Å². The van der Waals surface area contributed by atoms with E-state index in [9.17, 15) is 0 Å². The molecule has 2 heteroatoms. The Morgan fingerprint density at radius 1 is 1.16 bits per heavy atom. The quantitative estimate of drug-likeness (QED) is 0.796. The lowest BCUT2D eigenvalue weighted by Gasteiger charge is -2.28. The molecule has 0 radical (unpaired) electrons. The summed E-state index contributed by atoms with van der Waals surface area (Å²) in [5, 5.41) is 0. The second-order valence-corrected chi connectivity index (χ2v) is 4.69. The summed E-state index contributed by atoms with van der Waals surface area (Å²) in [6.07, 6.45) is 0.860. The van der Waals surface area contributed by atoms with Gasteiger partial charge < -0.3 is 9.47 Å². The molecule has 0 fully saturated rings. The van der Waals surface area contributed by atoms with Gasteiger partial charge in [-0.25, -0.2) is 0 Å². The van der Waals surface area contributed by atoms with E-state index in [2.05, 4.69) is 18.7 Å². The Morgan fingerprint density at radius 2 is 1.95 bits per heavy atom. The van der Waals surface area contributed by atoms with Gasteiger partial charge in [0.1, 0.15) is 17.6 Å². The van der Waals surface area contributed by atoms with Crippen molar-refractivity contribution in [1.29, 1.82) is 0 Å². The van der Waals surface area contributed by atoms with Crippen molar-refractivity contribution in [1.82, 2.24) is 0 Å². The number of hydrogen-bond acceptors (Lipinski definition) is 2. The number of ether oxygens (including phenoxy) is 2. The van der Waals surface area contributed by atoms with Crippen LogP contribution >= 0.6 is 0 Å². The maximum atomic E-state index is 6.07. The van der Waals surface area contributed by atoms with Crippen LogP contribution in [0.1, 0.15) is 23.7 Å². The summed E-state index contributed by atoms with van der Waals surface area (Å²) >= 11 is 0. The van der Waals surface area contributed by atoms with Gasteiger partial charge in [0.15, 0.2) is 0 Å². The molecule has 0 N–H and O–H groups in total. The monoisotopic (exact) mass is 252 g/mol. The molecule has 0 spiro atoms. The third-order valence-electron chi connectivity index (χ3n) is 3.44. The van der Waals surface area contributed by atoms with E-state index in [1.807, 2.05) is 36.4 Å². The Labute approximate surface area is 113 Å². The molecule has 19 heavy (non-hydrogen) atoms. The van der Waals surface area contributed by atoms with Crippen LogP contribution in [0.2, 0.25) is 0 Å². The van der Waals surface area contributed by atoms with Gasteiger partial charge in [-0.1, -0.05) is 36.9 Å². The van der Waals surface area contributed by atoms with E-state index in [-0.39, 0.29) is 6.10 Å². The fraction of sp³-hybridized carbons (Fsp3) is 0.176. The molecule has 2 nitrogen and oxygen atoms in total. The first-order valence-corrected chi connectivity index (χ1v) is 6.35. The molecular weight excluding hydrogens is 236 g/mol. The zero-order valence-electron chi connectivity index (χ0n) is 10.9. The largest absolute Gasteiger partial charge is 0.497 e.